The lowest BCUT2D eigenvalue weighted by Crippen LogP contribution is -2.15. The summed E-state index contributed by atoms with van der Waals surface area (Å²) in [4.78, 5) is 0.118. The van der Waals surface area contributed by atoms with Crippen LogP contribution >= 0.6 is 27.5 Å². The Morgan fingerprint density at radius 3 is 2.52 bits per heavy atom. The summed E-state index contributed by atoms with van der Waals surface area (Å²) in [5, 5.41) is 0.338. The van der Waals surface area contributed by atoms with Crippen molar-refractivity contribution in [2.75, 3.05) is 10.5 Å². The van der Waals surface area contributed by atoms with Crippen LogP contribution in [0.15, 0.2) is 39.7 Å². The Labute approximate surface area is 137 Å². The third-order valence-electron chi connectivity index (χ3n) is 3.02. The van der Waals surface area contributed by atoms with Gasteiger partial charge in [-0.05, 0) is 49.2 Å². The van der Waals surface area contributed by atoms with Crippen molar-refractivity contribution in [3.63, 3.8) is 0 Å². The summed E-state index contributed by atoms with van der Waals surface area (Å²) in [5.74, 6) is 0. The van der Waals surface area contributed by atoms with Gasteiger partial charge in [0.05, 0.1) is 15.6 Å². The van der Waals surface area contributed by atoms with E-state index in [9.17, 15) is 8.42 Å². The molecule has 0 aliphatic heterocycles. The highest BCUT2D eigenvalue weighted by atomic mass is 79.9. The first-order valence-corrected chi connectivity index (χ1v) is 8.71. The van der Waals surface area contributed by atoms with Crippen molar-refractivity contribution in [1.82, 2.24) is 0 Å². The van der Waals surface area contributed by atoms with Gasteiger partial charge in [0.15, 0.2) is 0 Å². The van der Waals surface area contributed by atoms with Crippen LogP contribution in [-0.4, -0.2) is 8.42 Å². The van der Waals surface area contributed by atoms with Crippen molar-refractivity contribution in [3.8, 4) is 0 Å². The Balaban J connectivity index is 2.51. The van der Waals surface area contributed by atoms with Crippen molar-refractivity contribution in [1.29, 1.82) is 0 Å². The summed E-state index contributed by atoms with van der Waals surface area (Å²) in [7, 11) is -3.77. The number of anilines is 2. The van der Waals surface area contributed by atoms with E-state index in [-0.39, 0.29) is 4.90 Å². The number of halogens is 2. The second-order valence-corrected chi connectivity index (χ2v) is 7.68. The van der Waals surface area contributed by atoms with Crippen LogP contribution in [0.1, 0.15) is 11.1 Å². The highest BCUT2D eigenvalue weighted by molar-refractivity contribution is 9.10. The summed E-state index contributed by atoms with van der Waals surface area (Å²) in [6.07, 6.45) is 0. The Bertz CT molecular complexity index is 807. The third kappa shape index (κ3) is 3.51. The molecule has 2 rings (SSSR count). The summed E-state index contributed by atoms with van der Waals surface area (Å²) < 4.78 is 28.2. The Morgan fingerprint density at radius 2 is 1.86 bits per heavy atom. The van der Waals surface area contributed by atoms with Crippen molar-refractivity contribution in [2.45, 2.75) is 18.7 Å². The standard InChI is InChI=1S/C14H14BrClN2O2S/c1-8-3-4-11(16)13(5-8)18-21(19,20)14-7-10(15)6-12(17)9(14)2/h3-7,18H,17H2,1-2H3. The minimum Gasteiger partial charge on any atom is -0.398 e. The molecule has 0 amide bonds. The van der Waals surface area contributed by atoms with Crippen LogP contribution in [0.2, 0.25) is 5.02 Å². The molecule has 3 N–H and O–H groups in total. The van der Waals surface area contributed by atoms with Crippen molar-refractivity contribution in [2.24, 2.45) is 0 Å². The van der Waals surface area contributed by atoms with E-state index < -0.39 is 10.0 Å². The van der Waals surface area contributed by atoms with Gasteiger partial charge in [-0.15, -0.1) is 0 Å². The summed E-state index contributed by atoms with van der Waals surface area (Å²) >= 11 is 9.28. The number of hydrogen-bond donors (Lipinski definition) is 2. The zero-order valence-electron chi connectivity index (χ0n) is 11.4. The second kappa shape index (κ2) is 5.87. The molecule has 0 saturated heterocycles. The summed E-state index contributed by atoms with van der Waals surface area (Å²) in [6, 6.07) is 8.31. The van der Waals surface area contributed by atoms with E-state index in [2.05, 4.69) is 20.7 Å². The van der Waals surface area contributed by atoms with Gasteiger partial charge in [-0.25, -0.2) is 8.42 Å². The summed E-state index contributed by atoms with van der Waals surface area (Å²) in [6.45, 7) is 3.52. The fraction of sp³-hybridized carbons (Fsp3) is 0.143. The maximum Gasteiger partial charge on any atom is 0.262 e. The average molecular weight is 390 g/mol. The molecule has 0 aliphatic carbocycles. The molecule has 112 valence electrons. The lowest BCUT2D eigenvalue weighted by atomic mass is 10.2. The van der Waals surface area contributed by atoms with E-state index in [1.165, 1.54) is 6.07 Å². The van der Waals surface area contributed by atoms with Gasteiger partial charge in [0.25, 0.3) is 10.0 Å². The first-order chi connectivity index (χ1) is 9.70. The molecule has 2 aromatic rings. The van der Waals surface area contributed by atoms with Gasteiger partial charge in [-0.1, -0.05) is 33.6 Å². The fourth-order valence-electron chi connectivity index (χ4n) is 1.87. The lowest BCUT2D eigenvalue weighted by Gasteiger charge is -2.14. The lowest BCUT2D eigenvalue weighted by molar-refractivity contribution is 0.600. The summed E-state index contributed by atoms with van der Waals surface area (Å²) in [5.41, 5.74) is 7.96. The third-order valence-corrected chi connectivity index (χ3v) is 5.30. The second-order valence-electron chi connectivity index (χ2n) is 4.71. The van der Waals surface area contributed by atoms with Crippen LogP contribution < -0.4 is 10.5 Å². The molecule has 0 aliphatic rings. The first-order valence-electron chi connectivity index (χ1n) is 6.05. The smallest absolute Gasteiger partial charge is 0.262 e. The molecule has 0 saturated carbocycles. The van der Waals surface area contributed by atoms with Crippen LogP contribution in [0.25, 0.3) is 0 Å². The van der Waals surface area contributed by atoms with Crippen LogP contribution in [0.5, 0.6) is 0 Å². The van der Waals surface area contributed by atoms with Crippen LogP contribution in [0, 0.1) is 13.8 Å². The maximum atomic E-state index is 12.5. The van der Waals surface area contributed by atoms with Gasteiger partial charge >= 0.3 is 0 Å². The van der Waals surface area contributed by atoms with E-state index in [4.69, 9.17) is 17.3 Å². The molecule has 0 aromatic heterocycles. The molecule has 0 bridgehead atoms. The van der Waals surface area contributed by atoms with Gasteiger partial charge in [-0.2, -0.15) is 0 Å². The molecule has 0 radical (unpaired) electrons. The largest absolute Gasteiger partial charge is 0.398 e. The zero-order valence-corrected chi connectivity index (χ0v) is 14.6. The number of benzene rings is 2. The van der Waals surface area contributed by atoms with Crippen molar-refractivity contribution < 1.29 is 8.42 Å². The van der Waals surface area contributed by atoms with Crippen LogP contribution in [-0.2, 0) is 10.0 Å². The van der Waals surface area contributed by atoms with E-state index in [0.29, 0.717) is 26.4 Å². The molecule has 4 nitrogen and oxygen atoms in total. The predicted octanol–water partition coefficient (Wildman–Crippen LogP) is 4.10. The Hall–Kier alpha value is -1.24. The fourth-order valence-corrected chi connectivity index (χ4v) is 4.09. The number of hydrogen-bond acceptors (Lipinski definition) is 3. The Kier molecular flexibility index (Phi) is 4.51. The van der Waals surface area contributed by atoms with E-state index >= 15 is 0 Å². The van der Waals surface area contributed by atoms with Gasteiger partial charge in [-0.3, -0.25) is 4.72 Å². The number of nitrogens with one attached hydrogen (secondary N) is 1. The zero-order chi connectivity index (χ0) is 15.8. The number of nitrogen functional groups attached to an aromatic ring is 1. The van der Waals surface area contributed by atoms with E-state index in [1.807, 2.05) is 13.0 Å². The normalized spacial score (nSPS) is 11.4. The topological polar surface area (TPSA) is 72.2 Å². The van der Waals surface area contributed by atoms with Gasteiger partial charge in [0.1, 0.15) is 0 Å². The van der Waals surface area contributed by atoms with Gasteiger partial charge in [0, 0.05) is 10.2 Å². The predicted molar refractivity (Wildman–Crippen MR) is 90.3 cm³/mol. The molecule has 0 spiro atoms. The number of rotatable bonds is 3. The van der Waals surface area contributed by atoms with Gasteiger partial charge < -0.3 is 5.73 Å². The van der Waals surface area contributed by atoms with Crippen LogP contribution in [0.3, 0.4) is 0 Å². The molecule has 7 heteroatoms. The molecule has 2 aromatic carbocycles. The van der Waals surface area contributed by atoms with Crippen molar-refractivity contribution in [3.05, 3.63) is 51.0 Å². The molecule has 0 atom stereocenters. The molecular formula is C14H14BrClN2O2S. The first kappa shape index (κ1) is 16.1. The Morgan fingerprint density at radius 1 is 1.19 bits per heavy atom. The number of aryl methyl sites for hydroxylation is 1. The minimum absolute atomic E-state index is 0.118. The molecule has 0 fully saturated rings. The van der Waals surface area contributed by atoms with E-state index in [0.717, 1.165) is 5.56 Å². The molecule has 21 heavy (non-hydrogen) atoms. The molecular weight excluding hydrogens is 376 g/mol. The van der Waals surface area contributed by atoms with Crippen molar-refractivity contribution >= 4 is 48.9 Å². The molecule has 0 heterocycles. The minimum atomic E-state index is -3.77. The molecule has 0 unspecified atom stereocenters. The average Bonchev–Trinajstić information content (AvgIpc) is 2.37. The monoisotopic (exact) mass is 388 g/mol. The maximum absolute atomic E-state index is 12.5. The van der Waals surface area contributed by atoms with Crippen LogP contribution in [0.4, 0.5) is 11.4 Å². The van der Waals surface area contributed by atoms with Gasteiger partial charge in [0.2, 0.25) is 0 Å². The SMILES string of the molecule is Cc1ccc(Cl)c(NS(=O)(=O)c2cc(Br)cc(N)c2C)c1. The highest BCUT2D eigenvalue weighted by Gasteiger charge is 2.20. The number of nitrogens with two attached hydrogens (primary N) is 1. The quantitative estimate of drug-likeness (QED) is 0.776. The number of sulfonamides is 1. The highest BCUT2D eigenvalue weighted by Crippen LogP contribution is 2.30. The van der Waals surface area contributed by atoms with E-state index in [1.54, 1.807) is 25.1 Å².